The van der Waals surface area contributed by atoms with Crippen molar-refractivity contribution in [2.45, 2.75) is 109 Å². The number of para-hydroxylation sites is 1. The van der Waals surface area contributed by atoms with Gasteiger partial charge in [-0.25, -0.2) is 0 Å². The number of azide groups is 1. The molecule has 1 aromatic carbocycles. The van der Waals surface area contributed by atoms with Crippen LogP contribution >= 0.6 is 8.46 Å². The first-order valence-electron chi connectivity index (χ1n) is 16.0. The Balaban J connectivity index is 2.17. The minimum absolute atomic E-state index is 0.0577. The monoisotopic (exact) mass is 741 g/mol. The van der Waals surface area contributed by atoms with Crippen molar-refractivity contribution in [3.05, 3.63) is 40.8 Å². The number of carbonyl (C=O) groups excluding carboxylic acids is 3. The number of rotatable bonds is 14. The summed E-state index contributed by atoms with van der Waals surface area (Å²) >= 11 is 0. The van der Waals surface area contributed by atoms with Crippen molar-refractivity contribution in [2.75, 3.05) is 6.61 Å². The van der Waals surface area contributed by atoms with Crippen LogP contribution in [0.25, 0.3) is 10.4 Å². The Hall–Kier alpha value is -3.56. The van der Waals surface area contributed by atoms with E-state index in [4.69, 9.17) is 33.2 Å². The molecular formula is C30H39B2F3N4O11P. The van der Waals surface area contributed by atoms with Gasteiger partial charge in [-0.2, -0.15) is 0 Å². The summed E-state index contributed by atoms with van der Waals surface area (Å²) in [5.41, 5.74) is 8.98. The zero-order valence-electron chi connectivity index (χ0n) is 28.7. The summed E-state index contributed by atoms with van der Waals surface area (Å²) < 4.78 is 95.0. The van der Waals surface area contributed by atoms with Gasteiger partial charge in [0.2, 0.25) is 0 Å². The molecular weight excluding hydrogens is 702 g/mol. The number of carbonyl (C=O) groups is 3. The fourth-order valence-electron chi connectivity index (χ4n) is 5.69. The van der Waals surface area contributed by atoms with Gasteiger partial charge in [-0.05, 0) is 0 Å². The zero-order chi connectivity index (χ0) is 37.9. The Morgan fingerprint density at radius 1 is 1.00 bits per heavy atom. The average molecular weight is 741 g/mol. The molecule has 1 radical (unpaired) electrons. The Morgan fingerprint density at radius 3 is 2.20 bits per heavy atom. The zero-order valence-corrected chi connectivity index (χ0v) is 29.7. The van der Waals surface area contributed by atoms with Crippen LogP contribution in [0.2, 0.25) is 0 Å². The van der Waals surface area contributed by atoms with E-state index in [1.165, 1.54) is 31.2 Å². The van der Waals surface area contributed by atoms with E-state index in [-0.39, 0.29) is 20.1 Å². The van der Waals surface area contributed by atoms with E-state index >= 15 is 0 Å². The predicted molar refractivity (Wildman–Crippen MR) is 176 cm³/mol. The van der Waals surface area contributed by atoms with Crippen LogP contribution in [0.3, 0.4) is 0 Å². The first-order chi connectivity index (χ1) is 24.1. The van der Waals surface area contributed by atoms with E-state index in [0.29, 0.717) is 13.5 Å². The molecule has 0 N–H and O–H groups in total. The molecule has 0 aromatic heterocycles. The molecule has 0 amide bonds. The van der Waals surface area contributed by atoms with Crippen LogP contribution in [0.1, 0.15) is 48.0 Å². The molecule has 51 heavy (non-hydrogen) atoms. The van der Waals surface area contributed by atoms with Gasteiger partial charge in [-0.3, -0.25) is 9.59 Å². The third kappa shape index (κ3) is 11.7. The standard InChI is InChI=1S/C30H39B2F3N4O11P/c1-7-14(2)22-26(51-32-31-43)15(3)23(28(48-22)50-29(30(33,34)35)37-19-11-9-8-10-12-19)49-27-21(38-39-36)25(46-18(6)42)24(45-17(5)41)20(47-27)13-44-16(4)40/h8-12,14-15,20-28,51H,7,13H2,1-6H3/t14-,15+,20?,21?,22?,23?,24+,25?,26-,27+,28?/m0/s1. The second-order valence-electron chi connectivity index (χ2n) is 11.9. The molecule has 0 aliphatic carbocycles. The first-order valence-corrected chi connectivity index (χ1v) is 17.2. The van der Waals surface area contributed by atoms with Crippen molar-refractivity contribution in [1.29, 1.82) is 0 Å². The third-order valence-corrected chi connectivity index (χ3v) is 9.73. The van der Waals surface area contributed by atoms with Gasteiger partial charge in [0.15, 0.2) is 0 Å². The summed E-state index contributed by atoms with van der Waals surface area (Å²) in [6.07, 6.45) is -14.6. The summed E-state index contributed by atoms with van der Waals surface area (Å²) in [7, 11) is 0.449. The van der Waals surface area contributed by atoms with E-state index in [0.717, 1.165) is 20.8 Å². The van der Waals surface area contributed by atoms with Crippen LogP contribution < -0.4 is 0 Å². The van der Waals surface area contributed by atoms with Crippen molar-refractivity contribution in [3.63, 3.8) is 0 Å². The quantitative estimate of drug-likeness (QED) is 0.0299. The van der Waals surface area contributed by atoms with Crippen molar-refractivity contribution in [1.82, 2.24) is 0 Å². The number of alkyl halides is 3. The number of ether oxygens (including phenoxy) is 7. The fourth-order valence-corrected chi connectivity index (χ4v) is 7.08. The van der Waals surface area contributed by atoms with Gasteiger partial charge in [0.25, 0.3) is 0 Å². The van der Waals surface area contributed by atoms with Gasteiger partial charge >= 0.3 is 266 Å². The molecule has 12 atom stereocenters. The fraction of sp³-hybridized carbons (Fsp3) is 0.667. The van der Waals surface area contributed by atoms with Gasteiger partial charge in [-0.1, -0.05) is 6.07 Å². The number of hydrogen-bond donors (Lipinski definition) is 0. The SMILES string of the molecule is CC[C@H](C)C1OC(OC(=Nc2ccccc2)C(F)(F)F)C(O[C@H]2OC(COC(C)=O)[C@@H](OC(C)=O)C(OC(C)=O)C2N=[N+]=[N-])[C@@H](C)[C@@H]1P[B]B=O. The number of aliphatic imine (C=N–C) groups is 1. The van der Waals surface area contributed by atoms with Crippen molar-refractivity contribution < 1.29 is 65.4 Å². The molecule has 0 bridgehead atoms. The van der Waals surface area contributed by atoms with Crippen LogP contribution in [0.4, 0.5) is 18.9 Å². The van der Waals surface area contributed by atoms with E-state index in [1.807, 2.05) is 13.8 Å². The van der Waals surface area contributed by atoms with Crippen LogP contribution in [0, 0.1) is 11.8 Å². The molecule has 2 saturated heterocycles. The molecule has 2 fully saturated rings. The molecule has 21 heteroatoms. The maximum atomic E-state index is 14.5. The third-order valence-electron chi connectivity index (χ3n) is 8.16. The van der Waals surface area contributed by atoms with Gasteiger partial charge in [0.05, 0.1) is 0 Å². The van der Waals surface area contributed by atoms with Gasteiger partial charge in [0.1, 0.15) is 0 Å². The summed E-state index contributed by atoms with van der Waals surface area (Å²) in [6.45, 7) is 9.42. The molecule has 7 unspecified atom stereocenters. The Labute approximate surface area is 295 Å². The average Bonchev–Trinajstić information content (AvgIpc) is 3.06. The van der Waals surface area contributed by atoms with Crippen LogP contribution in [0.15, 0.2) is 40.4 Å². The molecule has 277 valence electrons. The van der Waals surface area contributed by atoms with E-state index in [9.17, 15) is 37.8 Å². The molecule has 1 aromatic rings. The van der Waals surface area contributed by atoms with Crippen LogP contribution in [-0.4, -0.2) is 105 Å². The Bertz CT molecular complexity index is 1440. The van der Waals surface area contributed by atoms with Crippen molar-refractivity contribution >= 4 is 51.9 Å². The Kier molecular flexibility index (Phi) is 15.9. The molecule has 2 heterocycles. The van der Waals surface area contributed by atoms with E-state index in [2.05, 4.69) is 15.0 Å². The van der Waals surface area contributed by atoms with Gasteiger partial charge in [-0.15, -0.1) is 0 Å². The van der Waals surface area contributed by atoms with E-state index < -0.39 is 97.3 Å². The molecule has 0 saturated carbocycles. The summed E-state index contributed by atoms with van der Waals surface area (Å²) in [6, 6.07) is 5.69. The van der Waals surface area contributed by atoms with Crippen LogP contribution in [-0.2, 0) is 52.2 Å². The van der Waals surface area contributed by atoms with Crippen molar-refractivity contribution in [3.8, 4) is 0 Å². The second-order valence-corrected chi connectivity index (χ2v) is 13.2. The number of esters is 3. The van der Waals surface area contributed by atoms with E-state index in [1.54, 1.807) is 13.0 Å². The summed E-state index contributed by atoms with van der Waals surface area (Å²) in [4.78, 5) is 42.6. The topological polar surface area (TPSA) is 194 Å². The molecule has 15 nitrogen and oxygen atoms in total. The number of hydrogen-bond acceptors (Lipinski definition) is 13. The van der Waals surface area contributed by atoms with Crippen molar-refractivity contribution in [2.24, 2.45) is 21.9 Å². The van der Waals surface area contributed by atoms with Gasteiger partial charge < -0.3 is 0 Å². The Morgan fingerprint density at radius 2 is 1.65 bits per heavy atom. The predicted octanol–water partition coefficient (Wildman–Crippen LogP) is 4.55. The van der Waals surface area contributed by atoms with Crippen LogP contribution in [0.5, 0.6) is 0 Å². The normalized spacial score (nSPS) is 30.3. The maximum absolute atomic E-state index is 14.5. The molecule has 2 aliphatic heterocycles. The van der Waals surface area contributed by atoms with Gasteiger partial charge in [0, 0.05) is 13.8 Å². The summed E-state index contributed by atoms with van der Waals surface area (Å²) in [5, 5.41) is 3.70. The molecule has 0 spiro atoms. The molecule has 3 rings (SSSR count). The number of benzene rings is 1. The second kappa shape index (κ2) is 19.3. The molecule has 2 aliphatic rings. The first kappa shape index (κ1) is 41.9. The minimum atomic E-state index is -5.09. The number of nitrogens with zero attached hydrogens (tertiary/aromatic N) is 4. The number of halogens is 3. The summed E-state index contributed by atoms with van der Waals surface area (Å²) in [5.74, 6) is -5.05.